The first kappa shape index (κ1) is 16.0. The largest absolute Gasteiger partial charge is 0.370 e. The minimum atomic E-state index is 0. The Morgan fingerprint density at radius 2 is 2.00 bits per heavy atom. The molecule has 0 saturated carbocycles. The summed E-state index contributed by atoms with van der Waals surface area (Å²) in [6.45, 7) is 10.4. The molecule has 0 unspecified atom stereocenters. The van der Waals surface area contributed by atoms with E-state index in [2.05, 4.69) is 42.9 Å². The molecule has 0 bridgehead atoms. The fourth-order valence-electron chi connectivity index (χ4n) is 1.23. The van der Waals surface area contributed by atoms with Gasteiger partial charge in [0.2, 0.25) is 0 Å². The highest BCUT2D eigenvalue weighted by Gasteiger charge is 1.97. The van der Waals surface area contributed by atoms with Crippen molar-refractivity contribution in [3.05, 3.63) is 41.5 Å². The summed E-state index contributed by atoms with van der Waals surface area (Å²) >= 11 is 0. The number of hydrogen-bond acceptors (Lipinski definition) is 1. The molecule has 94 valence electrons. The number of benzene rings is 1. The highest BCUT2D eigenvalue weighted by Crippen LogP contribution is 2.13. The lowest BCUT2D eigenvalue weighted by Crippen LogP contribution is -2.23. The molecule has 1 aromatic carbocycles. The molecular weight excluding hydrogens is 325 g/mol. The minimum absolute atomic E-state index is 0. The summed E-state index contributed by atoms with van der Waals surface area (Å²) in [6.07, 6.45) is 0. The standard InChI is InChI=1S/C13H19N3.HI/c1-9(2)8-15-13(14)16-12-6-5-10(3)11(4)7-12;/h5-7H,1,8H2,2-4H3,(H3,14,15,16);1H. The Balaban J connectivity index is 0.00000256. The van der Waals surface area contributed by atoms with Crippen molar-refractivity contribution in [2.45, 2.75) is 20.8 Å². The lowest BCUT2D eigenvalue weighted by atomic mass is 10.1. The van der Waals surface area contributed by atoms with Gasteiger partial charge in [-0.1, -0.05) is 18.2 Å². The van der Waals surface area contributed by atoms with E-state index in [1.54, 1.807) is 0 Å². The molecular formula is C13H20IN3. The van der Waals surface area contributed by atoms with E-state index in [9.17, 15) is 0 Å². The van der Waals surface area contributed by atoms with Crippen LogP contribution >= 0.6 is 24.0 Å². The monoisotopic (exact) mass is 345 g/mol. The molecule has 17 heavy (non-hydrogen) atoms. The topological polar surface area (TPSA) is 50.4 Å². The van der Waals surface area contributed by atoms with Crippen LogP contribution in [0.25, 0.3) is 0 Å². The second-order valence-corrected chi connectivity index (χ2v) is 4.08. The molecule has 3 N–H and O–H groups in total. The normalized spacial score (nSPS) is 10.6. The van der Waals surface area contributed by atoms with E-state index in [4.69, 9.17) is 5.73 Å². The van der Waals surface area contributed by atoms with Crippen LogP contribution in [0.2, 0.25) is 0 Å². The van der Waals surface area contributed by atoms with Gasteiger partial charge in [-0.05, 0) is 44.0 Å². The van der Waals surface area contributed by atoms with Crippen molar-refractivity contribution < 1.29 is 0 Å². The van der Waals surface area contributed by atoms with Crippen molar-refractivity contribution in [2.75, 3.05) is 11.9 Å². The van der Waals surface area contributed by atoms with E-state index in [-0.39, 0.29) is 24.0 Å². The van der Waals surface area contributed by atoms with Crippen molar-refractivity contribution in [1.82, 2.24) is 0 Å². The molecule has 0 aliphatic rings. The maximum absolute atomic E-state index is 5.74. The smallest absolute Gasteiger partial charge is 0.193 e. The van der Waals surface area contributed by atoms with Gasteiger partial charge in [-0.3, -0.25) is 0 Å². The Labute approximate surface area is 120 Å². The van der Waals surface area contributed by atoms with Crippen LogP contribution in [0.4, 0.5) is 5.69 Å². The van der Waals surface area contributed by atoms with Crippen LogP contribution in [0, 0.1) is 13.8 Å². The average Bonchev–Trinajstić information content (AvgIpc) is 2.21. The van der Waals surface area contributed by atoms with Crippen molar-refractivity contribution >= 4 is 35.6 Å². The van der Waals surface area contributed by atoms with E-state index in [0.717, 1.165) is 11.3 Å². The van der Waals surface area contributed by atoms with Crippen LogP contribution in [-0.2, 0) is 0 Å². The Morgan fingerprint density at radius 3 is 2.53 bits per heavy atom. The quantitative estimate of drug-likeness (QED) is 0.383. The van der Waals surface area contributed by atoms with Crippen molar-refractivity contribution in [3.63, 3.8) is 0 Å². The summed E-state index contributed by atoms with van der Waals surface area (Å²) in [7, 11) is 0. The van der Waals surface area contributed by atoms with E-state index in [0.29, 0.717) is 12.5 Å². The maximum atomic E-state index is 5.74. The Morgan fingerprint density at radius 1 is 1.35 bits per heavy atom. The Bertz CT molecular complexity index is 425. The molecule has 0 atom stereocenters. The van der Waals surface area contributed by atoms with Crippen molar-refractivity contribution in [1.29, 1.82) is 0 Å². The number of hydrogen-bond donors (Lipinski definition) is 2. The molecule has 0 aliphatic heterocycles. The van der Waals surface area contributed by atoms with Gasteiger partial charge in [0.05, 0.1) is 6.54 Å². The summed E-state index contributed by atoms with van der Waals surface area (Å²) in [6, 6.07) is 6.10. The summed E-state index contributed by atoms with van der Waals surface area (Å²) in [4.78, 5) is 4.15. The molecule has 0 spiro atoms. The molecule has 0 aromatic heterocycles. The maximum Gasteiger partial charge on any atom is 0.193 e. The van der Waals surface area contributed by atoms with Crippen LogP contribution in [0.15, 0.2) is 35.3 Å². The van der Waals surface area contributed by atoms with Gasteiger partial charge < -0.3 is 11.1 Å². The average molecular weight is 345 g/mol. The van der Waals surface area contributed by atoms with Crippen LogP contribution in [0.1, 0.15) is 18.1 Å². The first-order chi connectivity index (χ1) is 7.49. The molecule has 0 saturated heterocycles. The van der Waals surface area contributed by atoms with E-state index >= 15 is 0 Å². The highest BCUT2D eigenvalue weighted by molar-refractivity contribution is 14.0. The summed E-state index contributed by atoms with van der Waals surface area (Å²) in [5, 5.41) is 3.05. The fraction of sp³-hybridized carbons (Fsp3) is 0.308. The van der Waals surface area contributed by atoms with Gasteiger partial charge in [-0.25, -0.2) is 4.99 Å². The first-order valence-corrected chi connectivity index (χ1v) is 5.27. The second-order valence-electron chi connectivity index (χ2n) is 4.08. The predicted octanol–water partition coefficient (Wildman–Crippen LogP) is 3.22. The molecule has 0 heterocycles. The third-order valence-electron chi connectivity index (χ3n) is 2.30. The van der Waals surface area contributed by atoms with Gasteiger partial charge >= 0.3 is 0 Å². The van der Waals surface area contributed by atoms with Gasteiger partial charge in [0.1, 0.15) is 0 Å². The zero-order valence-electron chi connectivity index (χ0n) is 10.6. The predicted molar refractivity (Wildman–Crippen MR) is 86.3 cm³/mol. The third kappa shape index (κ3) is 5.72. The van der Waals surface area contributed by atoms with Crippen molar-refractivity contribution in [2.24, 2.45) is 10.7 Å². The number of halogens is 1. The number of nitrogens with zero attached hydrogens (tertiary/aromatic N) is 1. The second kappa shape index (κ2) is 7.32. The molecule has 1 aromatic rings. The molecule has 1 rings (SSSR count). The number of guanidine groups is 1. The Kier molecular flexibility index (Phi) is 6.87. The molecule has 0 amide bonds. The third-order valence-corrected chi connectivity index (χ3v) is 2.30. The van der Waals surface area contributed by atoms with Crippen LogP contribution in [0.5, 0.6) is 0 Å². The SMILES string of the molecule is C=C(C)CN=C(N)Nc1ccc(C)c(C)c1.I. The molecule has 3 nitrogen and oxygen atoms in total. The summed E-state index contributed by atoms with van der Waals surface area (Å²) in [5.41, 5.74) is 10.2. The number of aliphatic imine (C=N–C) groups is 1. The van der Waals surface area contributed by atoms with E-state index in [1.807, 2.05) is 13.0 Å². The van der Waals surface area contributed by atoms with Crippen molar-refractivity contribution in [3.8, 4) is 0 Å². The van der Waals surface area contributed by atoms with Gasteiger partial charge in [0.15, 0.2) is 5.96 Å². The van der Waals surface area contributed by atoms with Crippen LogP contribution in [-0.4, -0.2) is 12.5 Å². The lowest BCUT2D eigenvalue weighted by Gasteiger charge is -2.08. The number of aryl methyl sites for hydroxylation is 2. The van der Waals surface area contributed by atoms with Gasteiger partial charge in [-0.2, -0.15) is 0 Å². The summed E-state index contributed by atoms with van der Waals surface area (Å²) in [5.74, 6) is 0.422. The lowest BCUT2D eigenvalue weighted by molar-refractivity contribution is 1.13. The number of anilines is 1. The van der Waals surface area contributed by atoms with Crippen LogP contribution in [0.3, 0.4) is 0 Å². The summed E-state index contributed by atoms with van der Waals surface area (Å²) < 4.78 is 0. The Hall–Kier alpha value is -1.04. The minimum Gasteiger partial charge on any atom is -0.370 e. The molecule has 0 fully saturated rings. The fourth-order valence-corrected chi connectivity index (χ4v) is 1.23. The number of nitrogens with one attached hydrogen (secondary N) is 1. The number of nitrogens with two attached hydrogens (primary N) is 1. The molecule has 0 aliphatic carbocycles. The zero-order chi connectivity index (χ0) is 12.1. The first-order valence-electron chi connectivity index (χ1n) is 5.27. The van der Waals surface area contributed by atoms with E-state index < -0.39 is 0 Å². The van der Waals surface area contributed by atoms with Crippen LogP contribution < -0.4 is 11.1 Å². The molecule has 4 heteroatoms. The highest BCUT2D eigenvalue weighted by atomic mass is 127. The van der Waals surface area contributed by atoms with Gasteiger partial charge in [0.25, 0.3) is 0 Å². The van der Waals surface area contributed by atoms with Gasteiger partial charge in [-0.15, -0.1) is 24.0 Å². The number of rotatable bonds is 3. The molecule has 0 radical (unpaired) electrons. The van der Waals surface area contributed by atoms with E-state index in [1.165, 1.54) is 11.1 Å². The van der Waals surface area contributed by atoms with Gasteiger partial charge in [0, 0.05) is 5.69 Å². The zero-order valence-corrected chi connectivity index (χ0v) is 12.9.